The summed E-state index contributed by atoms with van der Waals surface area (Å²) in [5.74, 6) is -1.13. The van der Waals surface area contributed by atoms with E-state index >= 15 is 4.39 Å². The molecular formula is C29H27ClFN3O4. The van der Waals surface area contributed by atoms with E-state index in [1.165, 1.54) is 37.1 Å². The minimum Gasteiger partial charge on any atom is -0.393 e. The second kappa shape index (κ2) is 9.75. The van der Waals surface area contributed by atoms with Gasteiger partial charge in [-0.05, 0) is 74.6 Å². The van der Waals surface area contributed by atoms with Gasteiger partial charge in [0.05, 0.1) is 47.2 Å². The van der Waals surface area contributed by atoms with Crippen molar-refractivity contribution in [3.05, 3.63) is 99.1 Å². The molecule has 7 nitrogen and oxygen atoms in total. The van der Waals surface area contributed by atoms with Crippen LogP contribution in [0.3, 0.4) is 0 Å². The molecule has 3 aromatic rings. The normalized spacial score (nSPS) is 22.7. The topological polar surface area (TPSA) is 107 Å². The maximum atomic E-state index is 16.1. The molecule has 5 rings (SSSR count). The summed E-state index contributed by atoms with van der Waals surface area (Å²) in [6.45, 7) is 3.19. The number of hydrogen-bond acceptors (Lipinski definition) is 6. The van der Waals surface area contributed by atoms with Gasteiger partial charge in [-0.3, -0.25) is 14.7 Å². The first kappa shape index (κ1) is 26.3. The van der Waals surface area contributed by atoms with Crippen molar-refractivity contribution in [1.29, 1.82) is 5.26 Å². The molecule has 1 aliphatic carbocycles. The number of benzene rings is 2. The van der Waals surface area contributed by atoms with Crippen molar-refractivity contribution in [2.45, 2.75) is 50.7 Å². The number of aromatic nitrogens is 1. The van der Waals surface area contributed by atoms with Crippen LogP contribution >= 0.6 is 11.6 Å². The highest BCUT2D eigenvalue weighted by Gasteiger charge is 2.55. The van der Waals surface area contributed by atoms with E-state index in [9.17, 15) is 15.0 Å². The van der Waals surface area contributed by atoms with E-state index in [1.807, 2.05) is 6.07 Å². The molecule has 2 aliphatic rings. The highest BCUT2D eigenvalue weighted by molar-refractivity contribution is 6.30. The Balaban J connectivity index is 1.70. The molecule has 0 saturated heterocycles. The highest BCUT2D eigenvalue weighted by atomic mass is 35.5. The average Bonchev–Trinajstić information content (AvgIpc) is 3.10. The predicted octanol–water partition coefficient (Wildman–Crippen LogP) is 4.62. The second-order valence-corrected chi connectivity index (χ2v) is 10.9. The number of ether oxygens (including phenoxy) is 1. The number of hydrogen-bond donors (Lipinski definition) is 2. The summed E-state index contributed by atoms with van der Waals surface area (Å²) < 4.78 is 22.7. The third-order valence-electron chi connectivity index (χ3n) is 7.24. The smallest absolute Gasteiger partial charge is 0.257 e. The summed E-state index contributed by atoms with van der Waals surface area (Å²) >= 11 is 6.18. The summed E-state index contributed by atoms with van der Waals surface area (Å²) in [5.41, 5.74) is -1.31. The largest absolute Gasteiger partial charge is 0.393 e. The molecule has 1 saturated carbocycles. The third kappa shape index (κ3) is 4.56. The van der Waals surface area contributed by atoms with Gasteiger partial charge in [0.2, 0.25) is 0 Å². The number of carbonyl (C=O) groups excluding carboxylic acids is 1. The van der Waals surface area contributed by atoms with Crippen molar-refractivity contribution >= 4 is 17.5 Å². The van der Waals surface area contributed by atoms with E-state index in [1.54, 1.807) is 36.4 Å². The number of aliphatic hydroxyl groups excluding tert-OH is 1. The van der Waals surface area contributed by atoms with Gasteiger partial charge in [0, 0.05) is 16.8 Å². The van der Waals surface area contributed by atoms with Gasteiger partial charge in [-0.2, -0.15) is 5.26 Å². The minimum absolute atomic E-state index is 0.0353. The van der Waals surface area contributed by atoms with Crippen LogP contribution in [0.25, 0.3) is 0 Å². The number of rotatable bonds is 7. The summed E-state index contributed by atoms with van der Waals surface area (Å²) in [6, 6.07) is 14.7. The molecule has 1 fully saturated rings. The molecule has 2 aromatic carbocycles. The lowest BCUT2D eigenvalue weighted by molar-refractivity contribution is -0.139. The molecule has 0 bridgehead atoms. The van der Waals surface area contributed by atoms with Gasteiger partial charge in [0.1, 0.15) is 11.9 Å². The van der Waals surface area contributed by atoms with E-state index in [2.05, 4.69) is 4.98 Å². The Kier molecular flexibility index (Phi) is 6.74. The van der Waals surface area contributed by atoms with Crippen LogP contribution in [-0.2, 0) is 22.6 Å². The fourth-order valence-corrected chi connectivity index (χ4v) is 5.24. The summed E-state index contributed by atoms with van der Waals surface area (Å²) in [7, 11) is 0. The Morgan fingerprint density at radius 1 is 1.24 bits per heavy atom. The van der Waals surface area contributed by atoms with E-state index in [-0.39, 0.29) is 35.8 Å². The number of nitriles is 1. The molecule has 38 heavy (non-hydrogen) atoms. The van der Waals surface area contributed by atoms with Crippen LogP contribution in [0.15, 0.2) is 54.7 Å². The molecule has 2 N–H and O–H groups in total. The van der Waals surface area contributed by atoms with Crippen LogP contribution in [0.2, 0.25) is 5.02 Å². The zero-order valence-corrected chi connectivity index (χ0v) is 21.7. The molecule has 0 spiro atoms. The number of halogens is 2. The van der Waals surface area contributed by atoms with Crippen molar-refractivity contribution in [2.75, 3.05) is 6.61 Å². The molecule has 1 aliphatic heterocycles. The molecule has 0 unspecified atom stereocenters. The van der Waals surface area contributed by atoms with E-state index < -0.39 is 29.2 Å². The lowest BCUT2D eigenvalue weighted by Gasteiger charge is -2.42. The molecule has 1 atom stereocenters. The lowest BCUT2D eigenvalue weighted by Crippen LogP contribution is -2.48. The number of pyridine rings is 1. The zero-order valence-electron chi connectivity index (χ0n) is 21.0. The molecule has 1 aromatic heterocycles. The third-order valence-corrected chi connectivity index (χ3v) is 7.49. The van der Waals surface area contributed by atoms with Gasteiger partial charge in [0.25, 0.3) is 5.91 Å². The van der Waals surface area contributed by atoms with E-state index in [0.717, 1.165) is 0 Å². The van der Waals surface area contributed by atoms with E-state index in [4.69, 9.17) is 21.6 Å². The Labute approximate surface area is 225 Å². The molecule has 9 heteroatoms. The monoisotopic (exact) mass is 535 g/mol. The van der Waals surface area contributed by atoms with Crippen molar-refractivity contribution in [3.63, 3.8) is 0 Å². The number of fused-ring (bicyclic) bond motifs is 1. The van der Waals surface area contributed by atoms with Crippen LogP contribution in [0, 0.1) is 23.1 Å². The lowest BCUT2D eigenvalue weighted by atomic mass is 9.83. The van der Waals surface area contributed by atoms with Gasteiger partial charge in [-0.15, -0.1) is 0 Å². The first-order valence-corrected chi connectivity index (χ1v) is 12.7. The summed E-state index contributed by atoms with van der Waals surface area (Å²) in [4.78, 5) is 19.8. The van der Waals surface area contributed by atoms with Crippen LogP contribution in [0.4, 0.5) is 4.39 Å². The number of nitrogens with zero attached hydrogens (tertiary/aromatic N) is 3. The van der Waals surface area contributed by atoms with Crippen LogP contribution in [-0.4, -0.2) is 38.7 Å². The number of amides is 1. The second-order valence-electron chi connectivity index (χ2n) is 10.4. The zero-order chi connectivity index (χ0) is 27.2. The summed E-state index contributed by atoms with van der Waals surface area (Å²) in [5, 5.41) is 30.0. The minimum atomic E-state index is -1.66. The molecule has 2 heterocycles. The SMILES string of the molecule is CC(C)(O)c1cc(F)c2c(c1)C(=O)N(Cc1ccc(C#N)cn1)[C@@]2(OC[C@H]1C[C@@H](O)C1)c1ccc(Cl)cc1. The summed E-state index contributed by atoms with van der Waals surface area (Å²) in [6.07, 6.45) is 2.11. The van der Waals surface area contributed by atoms with Crippen LogP contribution in [0.5, 0.6) is 0 Å². The maximum absolute atomic E-state index is 16.1. The van der Waals surface area contributed by atoms with Gasteiger partial charge in [0.15, 0.2) is 5.72 Å². The predicted molar refractivity (Wildman–Crippen MR) is 137 cm³/mol. The van der Waals surface area contributed by atoms with Gasteiger partial charge in [-0.1, -0.05) is 23.7 Å². The van der Waals surface area contributed by atoms with Crippen LogP contribution < -0.4 is 0 Å². The fourth-order valence-electron chi connectivity index (χ4n) is 5.11. The molecule has 0 radical (unpaired) electrons. The Morgan fingerprint density at radius 2 is 1.95 bits per heavy atom. The Hall–Kier alpha value is -3.35. The molecule has 196 valence electrons. The highest BCUT2D eigenvalue weighted by Crippen LogP contribution is 2.49. The fraction of sp³-hybridized carbons (Fsp3) is 0.345. The number of aliphatic hydroxyl groups is 2. The van der Waals surface area contributed by atoms with Crippen molar-refractivity contribution < 1.29 is 24.1 Å². The first-order chi connectivity index (χ1) is 18.0. The van der Waals surface area contributed by atoms with Crippen molar-refractivity contribution in [1.82, 2.24) is 9.88 Å². The van der Waals surface area contributed by atoms with Gasteiger partial charge < -0.3 is 14.9 Å². The standard InChI is InChI=1S/C29H27ClFN3O4/c1-28(2,37)20-11-24-26(25(31)12-20)29(19-4-6-21(30)7-5-19,38-16-18-9-23(35)10-18)34(27(24)36)15-22-8-3-17(13-32)14-33-22/h3-8,11-12,14,18,23,35,37H,9-10,15-16H2,1-2H3/t18-,23+,29-/m1/s1. The maximum Gasteiger partial charge on any atom is 0.257 e. The molecular weight excluding hydrogens is 509 g/mol. The van der Waals surface area contributed by atoms with Gasteiger partial charge >= 0.3 is 0 Å². The van der Waals surface area contributed by atoms with Crippen molar-refractivity contribution in [3.8, 4) is 6.07 Å². The Bertz CT molecular complexity index is 1410. The first-order valence-electron chi connectivity index (χ1n) is 12.3. The number of carbonyl (C=O) groups is 1. The van der Waals surface area contributed by atoms with Crippen molar-refractivity contribution in [2.24, 2.45) is 5.92 Å². The quantitative estimate of drug-likeness (QED) is 0.457. The Morgan fingerprint density at radius 3 is 2.53 bits per heavy atom. The molecule has 1 amide bonds. The average molecular weight is 536 g/mol. The van der Waals surface area contributed by atoms with E-state index in [0.29, 0.717) is 34.7 Å². The van der Waals surface area contributed by atoms with Crippen LogP contribution in [0.1, 0.15) is 65.0 Å². The van der Waals surface area contributed by atoms with Gasteiger partial charge in [-0.25, -0.2) is 4.39 Å².